The van der Waals surface area contributed by atoms with Gasteiger partial charge in [0.1, 0.15) is 12.1 Å². The number of nitrogens with one attached hydrogen (secondary N) is 3. The zero-order valence-corrected chi connectivity index (χ0v) is 27.1. The van der Waals surface area contributed by atoms with Gasteiger partial charge in [0.25, 0.3) is 0 Å². The van der Waals surface area contributed by atoms with Gasteiger partial charge in [-0.2, -0.15) is 0 Å². The van der Waals surface area contributed by atoms with Crippen LogP contribution in [0.25, 0.3) is 11.1 Å². The molecule has 0 unspecified atom stereocenters. The van der Waals surface area contributed by atoms with Gasteiger partial charge in [-0.05, 0) is 59.6 Å². The van der Waals surface area contributed by atoms with Gasteiger partial charge in [0.2, 0.25) is 23.0 Å². The van der Waals surface area contributed by atoms with Gasteiger partial charge in [0, 0.05) is 12.5 Å². The molecule has 0 saturated carbocycles. The van der Waals surface area contributed by atoms with Gasteiger partial charge in [0.05, 0.1) is 40.2 Å². The number of aryl methyl sites for hydroxylation is 1. The first-order valence-corrected chi connectivity index (χ1v) is 14.8. The van der Waals surface area contributed by atoms with Crippen molar-refractivity contribution >= 4 is 23.5 Å². The Bertz CT molecular complexity index is 1440. The van der Waals surface area contributed by atoms with Crippen molar-refractivity contribution in [2.75, 3.05) is 33.8 Å². The van der Waals surface area contributed by atoms with E-state index in [4.69, 9.17) is 18.9 Å². The molecule has 1 aliphatic rings. The van der Waals surface area contributed by atoms with E-state index in [0.29, 0.717) is 47.6 Å². The Kier molecular flexibility index (Phi) is 11.6. The van der Waals surface area contributed by atoms with Crippen molar-refractivity contribution in [2.24, 2.45) is 11.8 Å². The van der Waals surface area contributed by atoms with Crippen LogP contribution in [-0.2, 0) is 25.5 Å². The molecule has 4 atom stereocenters. The molecule has 3 rings (SSSR count). The third-order valence-corrected chi connectivity index (χ3v) is 8.14. The van der Waals surface area contributed by atoms with Gasteiger partial charge < -0.3 is 34.9 Å². The van der Waals surface area contributed by atoms with Crippen molar-refractivity contribution in [3.8, 4) is 28.4 Å². The van der Waals surface area contributed by atoms with Crippen LogP contribution in [0.15, 0.2) is 29.1 Å². The smallest absolute Gasteiger partial charge is 0.328 e. The van der Waals surface area contributed by atoms with Gasteiger partial charge >= 0.3 is 5.97 Å². The van der Waals surface area contributed by atoms with E-state index in [-0.39, 0.29) is 28.9 Å². The van der Waals surface area contributed by atoms with E-state index in [9.17, 15) is 19.2 Å². The Balaban J connectivity index is 2.21. The Morgan fingerprint density at radius 2 is 1.64 bits per heavy atom. The summed E-state index contributed by atoms with van der Waals surface area (Å²) in [6.45, 7) is 8.91. The Morgan fingerprint density at radius 1 is 0.955 bits per heavy atom. The third-order valence-electron chi connectivity index (χ3n) is 8.14. The van der Waals surface area contributed by atoms with Crippen LogP contribution in [0.3, 0.4) is 0 Å². The van der Waals surface area contributed by atoms with E-state index in [0.717, 1.165) is 11.1 Å². The highest BCUT2D eigenvalue weighted by atomic mass is 16.5. The number of fused-ring (bicyclic) bond motifs is 3. The first-order valence-electron chi connectivity index (χ1n) is 14.8. The molecule has 2 amide bonds. The number of hydrogen-bond acceptors (Lipinski definition) is 9. The molecule has 2 aromatic carbocycles. The molecule has 0 aliphatic heterocycles. The predicted octanol–water partition coefficient (Wildman–Crippen LogP) is 4.00. The Labute approximate surface area is 259 Å². The number of anilines is 1. The number of rotatable bonds is 12. The molecule has 240 valence electrons. The Morgan fingerprint density at radius 3 is 2.18 bits per heavy atom. The fourth-order valence-corrected chi connectivity index (χ4v) is 5.56. The lowest BCUT2D eigenvalue weighted by Crippen LogP contribution is -2.52. The van der Waals surface area contributed by atoms with Gasteiger partial charge in [-0.25, -0.2) is 4.79 Å². The van der Waals surface area contributed by atoms with E-state index < -0.39 is 30.0 Å². The maximum Gasteiger partial charge on any atom is 0.328 e. The Hall–Kier alpha value is -4.28. The van der Waals surface area contributed by atoms with Crippen LogP contribution in [-0.4, -0.2) is 58.3 Å². The summed E-state index contributed by atoms with van der Waals surface area (Å²) in [7, 11) is 5.89. The van der Waals surface area contributed by atoms with E-state index >= 15 is 0 Å². The van der Waals surface area contributed by atoms with Gasteiger partial charge in [-0.3, -0.25) is 14.4 Å². The van der Waals surface area contributed by atoms with Crippen LogP contribution < -0.4 is 35.6 Å². The molecule has 11 heteroatoms. The molecular weight excluding hydrogens is 566 g/mol. The van der Waals surface area contributed by atoms with Crippen molar-refractivity contribution in [3.63, 3.8) is 0 Å². The fraction of sp³-hybridized carbons (Fsp3) is 0.515. The summed E-state index contributed by atoms with van der Waals surface area (Å²) >= 11 is 0. The minimum Gasteiger partial charge on any atom is -0.493 e. The summed E-state index contributed by atoms with van der Waals surface area (Å²) in [5.74, 6) is -0.236. The average Bonchev–Trinajstić information content (AvgIpc) is 3.24. The van der Waals surface area contributed by atoms with Crippen LogP contribution in [0.5, 0.6) is 17.2 Å². The lowest BCUT2D eigenvalue weighted by Gasteiger charge is -2.27. The largest absolute Gasteiger partial charge is 0.493 e. The first-order chi connectivity index (χ1) is 20.9. The van der Waals surface area contributed by atoms with Crippen LogP contribution in [0, 0.1) is 11.8 Å². The summed E-state index contributed by atoms with van der Waals surface area (Å²) < 4.78 is 22.0. The molecule has 0 bridgehead atoms. The van der Waals surface area contributed by atoms with Crippen LogP contribution in [0.2, 0.25) is 0 Å². The summed E-state index contributed by atoms with van der Waals surface area (Å²) in [5, 5.41) is 8.97. The van der Waals surface area contributed by atoms with E-state index in [1.165, 1.54) is 34.3 Å². The zero-order valence-electron chi connectivity index (χ0n) is 27.1. The van der Waals surface area contributed by atoms with Crippen LogP contribution in [0.1, 0.15) is 64.6 Å². The number of hydrogen-bond donors (Lipinski definition) is 3. The quantitative estimate of drug-likeness (QED) is 0.304. The van der Waals surface area contributed by atoms with Crippen molar-refractivity contribution in [1.82, 2.24) is 10.6 Å². The summed E-state index contributed by atoms with van der Waals surface area (Å²) in [4.78, 5) is 52.0. The van der Waals surface area contributed by atoms with Crippen molar-refractivity contribution in [1.29, 1.82) is 0 Å². The second-order valence-electron chi connectivity index (χ2n) is 11.4. The molecule has 2 aromatic rings. The molecule has 0 heterocycles. The maximum absolute atomic E-state index is 13.8. The molecule has 0 saturated heterocycles. The molecule has 1 aliphatic carbocycles. The van der Waals surface area contributed by atoms with Crippen molar-refractivity contribution in [3.05, 3.63) is 45.6 Å². The fourth-order valence-electron chi connectivity index (χ4n) is 5.56. The molecule has 3 N–H and O–H groups in total. The molecule has 0 radical (unpaired) electrons. The summed E-state index contributed by atoms with van der Waals surface area (Å²) in [6.07, 6.45) is 1.73. The van der Waals surface area contributed by atoms with Gasteiger partial charge in [-0.15, -0.1) is 0 Å². The lowest BCUT2D eigenvalue weighted by molar-refractivity contribution is -0.146. The highest BCUT2D eigenvalue weighted by Gasteiger charge is 2.32. The molecule has 44 heavy (non-hydrogen) atoms. The standard InChI is InChI=1S/C33H45N3O8/c1-10-18(4)29(32(39)36-28(17(2)3)33(40)44-9)35-24-14-12-21-22(16-25(24)38)23(34-19(5)37)13-11-20-15-26(41-6)30(42-7)31(43-8)27(20)21/h12,14-18,23,28-29H,10-11,13H2,1-9H3,(H,34,37)(H,35,38)(H,36,39)/t18-,23-,28-,29-/m0/s1. The second kappa shape index (κ2) is 14.9. The second-order valence-corrected chi connectivity index (χ2v) is 11.4. The topological polar surface area (TPSA) is 141 Å². The van der Waals surface area contributed by atoms with E-state index in [1.807, 2.05) is 33.8 Å². The van der Waals surface area contributed by atoms with E-state index in [1.54, 1.807) is 19.2 Å². The predicted molar refractivity (Wildman–Crippen MR) is 168 cm³/mol. The number of ether oxygens (including phenoxy) is 4. The number of carbonyl (C=O) groups is 3. The number of methoxy groups -OCH3 is 4. The van der Waals surface area contributed by atoms with Gasteiger partial charge in [-0.1, -0.05) is 40.2 Å². The minimum absolute atomic E-state index is 0.187. The average molecular weight is 612 g/mol. The summed E-state index contributed by atoms with van der Waals surface area (Å²) in [6, 6.07) is 4.69. The SMILES string of the molecule is CC[C@H](C)[C@H](Nc1ccc2c(cc1=O)[C@@H](NC(C)=O)CCc1cc(OC)c(OC)c(OC)c1-2)C(=O)N[C@H](C(=O)OC)C(C)C. The zero-order chi connectivity index (χ0) is 32.7. The summed E-state index contributed by atoms with van der Waals surface area (Å²) in [5.41, 5.74) is 2.75. The van der Waals surface area contributed by atoms with Crippen molar-refractivity contribution < 1.29 is 33.3 Å². The van der Waals surface area contributed by atoms with E-state index in [2.05, 4.69) is 16.0 Å². The normalized spacial score (nSPS) is 15.8. The number of carbonyl (C=O) groups excluding carboxylic acids is 3. The van der Waals surface area contributed by atoms with Crippen LogP contribution in [0.4, 0.5) is 5.69 Å². The molecule has 0 fully saturated rings. The molecular formula is C33H45N3O8. The number of benzene rings is 1. The highest BCUT2D eigenvalue weighted by Crippen LogP contribution is 2.50. The molecule has 11 nitrogen and oxygen atoms in total. The van der Waals surface area contributed by atoms with Crippen LogP contribution >= 0.6 is 0 Å². The third kappa shape index (κ3) is 7.26. The van der Waals surface area contributed by atoms with Crippen molar-refractivity contribution in [2.45, 2.75) is 72.0 Å². The monoisotopic (exact) mass is 611 g/mol. The minimum atomic E-state index is -0.843. The first kappa shape index (κ1) is 34.2. The number of amides is 2. The highest BCUT2D eigenvalue weighted by molar-refractivity contribution is 5.90. The lowest BCUT2D eigenvalue weighted by atomic mass is 9.95. The maximum atomic E-state index is 13.8. The molecule has 0 aromatic heterocycles. The molecule has 0 spiro atoms. The number of esters is 1. The van der Waals surface area contributed by atoms with Gasteiger partial charge in [0.15, 0.2) is 11.5 Å².